The van der Waals surface area contributed by atoms with Gasteiger partial charge in [0.15, 0.2) is 5.69 Å². The lowest BCUT2D eigenvalue weighted by atomic mass is 10.1. The molecule has 3 aromatic rings. The minimum absolute atomic E-state index is 0.272. The van der Waals surface area contributed by atoms with Crippen LogP contribution in [0.2, 0.25) is 5.02 Å². The third-order valence-electron chi connectivity index (χ3n) is 3.46. The number of benzene rings is 2. The highest BCUT2D eigenvalue weighted by atomic mass is 35.5. The van der Waals surface area contributed by atoms with E-state index < -0.39 is 5.91 Å². The molecule has 3 N–H and O–H groups in total. The van der Waals surface area contributed by atoms with Crippen LogP contribution in [0.15, 0.2) is 60.7 Å². The molecule has 1 aromatic heterocycles. The first-order valence-corrected chi connectivity index (χ1v) is 7.44. The summed E-state index contributed by atoms with van der Waals surface area (Å²) < 4.78 is 1.78. The second-order valence-electron chi connectivity index (χ2n) is 5.04. The monoisotopic (exact) mass is 326 g/mol. The van der Waals surface area contributed by atoms with E-state index in [1.54, 1.807) is 22.9 Å². The fourth-order valence-corrected chi connectivity index (χ4v) is 2.46. The SMILES string of the molecule is NNC(=O)c1cc(-c2ccc(Cl)cc2)n(Cc2ccccc2)n1. The number of hydrogen-bond acceptors (Lipinski definition) is 3. The summed E-state index contributed by atoms with van der Waals surface area (Å²) in [5.41, 5.74) is 5.22. The van der Waals surface area contributed by atoms with Gasteiger partial charge in [0.05, 0.1) is 12.2 Å². The van der Waals surface area contributed by atoms with Crippen LogP contribution in [0.3, 0.4) is 0 Å². The molecule has 0 saturated heterocycles. The minimum atomic E-state index is -0.424. The Balaban J connectivity index is 2.03. The number of hydrazine groups is 1. The van der Waals surface area contributed by atoms with E-state index in [-0.39, 0.29) is 5.69 Å². The molecule has 0 saturated carbocycles. The second kappa shape index (κ2) is 6.64. The van der Waals surface area contributed by atoms with Crippen molar-refractivity contribution < 1.29 is 4.79 Å². The number of halogens is 1. The molecule has 0 aliphatic heterocycles. The van der Waals surface area contributed by atoms with Crippen LogP contribution >= 0.6 is 11.6 Å². The summed E-state index contributed by atoms with van der Waals surface area (Å²) in [6.07, 6.45) is 0. The van der Waals surface area contributed by atoms with Gasteiger partial charge in [0.25, 0.3) is 5.91 Å². The molecule has 0 bridgehead atoms. The molecule has 2 aromatic carbocycles. The van der Waals surface area contributed by atoms with Crippen LogP contribution in [0.5, 0.6) is 0 Å². The number of nitrogens with zero attached hydrogens (tertiary/aromatic N) is 2. The van der Waals surface area contributed by atoms with E-state index in [0.29, 0.717) is 11.6 Å². The maximum atomic E-state index is 11.8. The molecular formula is C17H15ClN4O. The third-order valence-corrected chi connectivity index (χ3v) is 3.71. The molecule has 1 amide bonds. The molecule has 0 aliphatic rings. The molecule has 116 valence electrons. The lowest BCUT2D eigenvalue weighted by Crippen LogP contribution is -2.30. The van der Waals surface area contributed by atoms with E-state index in [9.17, 15) is 4.79 Å². The number of nitrogen functional groups attached to an aromatic ring is 1. The standard InChI is InChI=1S/C17H15ClN4O/c18-14-8-6-13(7-9-14)16-10-15(17(23)20-19)21-22(16)11-12-4-2-1-3-5-12/h1-10H,11,19H2,(H,20,23). The molecule has 3 rings (SSSR count). The van der Waals surface area contributed by atoms with Crippen LogP contribution in [-0.4, -0.2) is 15.7 Å². The van der Waals surface area contributed by atoms with Crippen molar-refractivity contribution in [3.05, 3.63) is 76.9 Å². The molecule has 0 radical (unpaired) electrons. The normalized spacial score (nSPS) is 10.5. The smallest absolute Gasteiger partial charge is 0.285 e. The van der Waals surface area contributed by atoms with E-state index in [1.807, 2.05) is 42.5 Å². The summed E-state index contributed by atoms with van der Waals surface area (Å²) >= 11 is 5.94. The van der Waals surface area contributed by atoms with Crippen molar-refractivity contribution in [1.82, 2.24) is 15.2 Å². The van der Waals surface area contributed by atoms with Crippen LogP contribution in [0.25, 0.3) is 11.3 Å². The molecule has 0 unspecified atom stereocenters. The molecule has 5 nitrogen and oxygen atoms in total. The predicted molar refractivity (Wildman–Crippen MR) is 89.9 cm³/mol. The van der Waals surface area contributed by atoms with Crippen molar-refractivity contribution in [2.24, 2.45) is 5.84 Å². The van der Waals surface area contributed by atoms with Gasteiger partial charge >= 0.3 is 0 Å². The van der Waals surface area contributed by atoms with E-state index in [4.69, 9.17) is 17.4 Å². The van der Waals surface area contributed by atoms with Gasteiger partial charge in [-0.1, -0.05) is 54.1 Å². The van der Waals surface area contributed by atoms with Gasteiger partial charge in [-0.2, -0.15) is 5.10 Å². The second-order valence-corrected chi connectivity index (χ2v) is 5.47. The van der Waals surface area contributed by atoms with Gasteiger partial charge < -0.3 is 0 Å². The zero-order chi connectivity index (χ0) is 16.2. The molecule has 0 spiro atoms. The Bertz CT molecular complexity index is 812. The third kappa shape index (κ3) is 3.41. The number of rotatable bonds is 4. The number of hydrogen-bond donors (Lipinski definition) is 2. The molecule has 1 heterocycles. The summed E-state index contributed by atoms with van der Waals surface area (Å²) in [6.45, 7) is 0.552. The Hall–Kier alpha value is -2.63. The quantitative estimate of drug-likeness (QED) is 0.440. The van der Waals surface area contributed by atoms with Crippen molar-refractivity contribution >= 4 is 17.5 Å². The first-order chi connectivity index (χ1) is 11.2. The lowest BCUT2D eigenvalue weighted by molar-refractivity contribution is 0.0948. The fraction of sp³-hybridized carbons (Fsp3) is 0.0588. The van der Waals surface area contributed by atoms with Gasteiger partial charge in [0.1, 0.15) is 0 Å². The Labute approximate surface area is 138 Å². The van der Waals surface area contributed by atoms with Crippen LogP contribution < -0.4 is 11.3 Å². The maximum Gasteiger partial charge on any atom is 0.285 e. The molecule has 6 heteroatoms. The number of amides is 1. The summed E-state index contributed by atoms with van der Waals surface area (Å²) in [5.74, 6) is 4.78. The van der Waals surface area contributed by atoms with Gasteiger partial charge in [-0.15, -0.1) is 0 Å². The van der Waals surface area contributed by atoms with Crippen LogP contribution in [0.1, 0.15) is 16.1 Å². The van der Waals surface area contributed by atoms with Crippen LogP contribution in [0.4, 0.5) is 0 Å². The number of nitrogens with two attached hydrogens (primary N) is 1. The molecule has 0 fully saturated rings. The van der Waals surface area contributed by atoms with Crippen LogP contribution in [-0.2, 0) is 6.54 Å². The van der Waals surface area contributed by atoms with E-state index >= 15 is 0 Å². The number of nitrogens with one attached hydrogen (secondary N) is 1. The Kier molecular flexibility index (Phi) is 4.41. The van der Waals surface area contributed by atoms with Crippen LogP contribution in [0, 0.1) is 0 Å². The number of aromatic nitrogens is 2. The first kappa shape index (κ1) is 15.3. The zero-order valence-electron chi connectivity index (χ0n) is 12.2. The van der Waals surface area contributed by atoms with Crippen molar-refractivity contribution in [3.8, 4) is 11.3 Å². The summed E-state index contributed by atoms with van der Waals surface area (Å²) in [5, 5.41) is 5.02. The van der Waals surface area contributed by atoms with E-state index in [0.717, 1.165) is 16.8 Å². The lowest BCUT2D eigenvalue weighted by Gasteiger charge is -2.08. The summed E-state index contributed by atoms with van der Waals surface area (Å²) in [6, 6.07) is 19.0. The molecular weight excluding hydrogens is 312 g/mol. The average Bonchev–Trinajstić information content (AvgIpc) is 2.99. The Morgan fingerprint density at radius 2 is 1.83 bits per heavy atom. The predicted octanol–water partition coefficient (Wildman–Crippen LogP) is 2.86. The van der Waals surface area contributed by atoms with Crippen molar-refractivity contribution in [1.29, 1.82) is 0 Å². The first-order valence-electron chi connectivity index (χ1n) is 7.06. The van der Waals surface area contributed by atoms with Gasteiger partial charge in [0.2, 0.25) is 0 Å². The van der Waals surface area contributed by atoms with Gasteiger partial charge in [-0.3, -0.25) is 14.9 Å². The topological polar surface area (TPSA) is 72.9 Å². The van der Waals surface area contributed by atoms with Gasteiger partial charge in [0, 0.05) is 5.02 Å². The largest absolute Gasteiger partial charge is 0.289 e. The van der Waals surface area contributed by atoms with Crippen molar-refractivity contribution in [2.75, 3.05) is 0 Å². The summed E-state index contributed by atoms with van der Waals surface area (Å²) in [4.78, 5) is 11.8. The van der Waals surface area contributed by atoms with Crippen molar-refractivity contribution in [3.63, 3.8) is 0 Å². The Morgan fingerprint density at radius 3 is 2.48 bits per heavy atom. The maximum absolute atomic E-state index is 11.8. The zero-order valence-corrected chi connectivity index (χ0v) is 13.0. The molecule has 23 heavy (non-hydrogen) atoms. The highest BCUT2D eigenvalue weighted by Gasteiger charge is 2.15. The van der Waals surface area contributed by atoms with E-state index in [2.05, 4.69) is 10.5 Å². The van der Waals surface area contributed by atoms with Gasteiger partial charge in [-0.05, 0) is 29.3 Å². The van der Waals surface area contributed by atoms with E-state index in [1.165, 1.54) is 0 Å². The van der Waals surface area contributed by atoms with Crippen molar-refractivity contribution in [2.45, 2.75) is 6.54 Å². The molecule has 0 atom stereocenters. The fourth-order valence-electron chi connectivity index (χ4n) is 2.33. The summed E-state index contributed by atoms with van der Waals surface area (Å²) in [7, 11) is 0. The molecule has 0 aliphatic carbocycles. The number of carbonyl (C=O) groups excluding carboxylic acids is 1. The minimum Gasteiger partial charge on any atom is -0.289 e. The average molecular weight is 327 g/mol. The highest BCUT2D eigenvalue weighted by molar-refractivity contribution is 6.30. The Morgan fingerprint density at radius 1 is 1.13 bits per heavy atom. The van der Waals surface area contributed by atoms with Gasteiger partial charge in [-0.25, -0.2) is 5.84 Å². The number of carbonyl (C=O) groups is 1. The highest BCUT2D eigenvalue weighted by Crippen LogP contribution is 2.23.